The van der Waals surface area contributed by atoms with Crippen molar-refractivity contribution in [2.45, 2.75) is 6.10 Å². The lowest BCUT2D eigenvalue weighted by molar-refractivity contribution is -0.385. The van der Waals surface area contributed by atoms with Gasteiger partial charge in [-0.15, -0.1) is 0 Å². The van der Waals surface area contributed by atoms with Crippen LogP contribution in [-0.4, -0.2) is 16.0 Å². The first-order chi connectivity index (χ1) is 12.6. The first-order valence-electron chi connectivity index (χ1n) is 7.94. The van der Waals surface area contributed by atoms with Crippen LogP contribution in [0.25, 0.3) is 11.1 Å². The molecule has 0 aliphatic heterocycles. The minimum Gasteiger partial charge on any atom is -0.416 e. The number of nitro groups is 1. The summed E-state index contributed by atoms with van der Waals surface area (Å²) in [6.45, 7) is 0. The number of esters is 1. The van der Waals surface area contributed by atoms with Crippen molar-refractivity contribution in [1.29, 1.82) is 0 Å². The Balaban J connectivity index is 1.78. The maximum atomic E-state index is 12.7. The molecule has 0 amide bonds. The number of aliphatic hydroxyl groups excluding tert-OH is 1. The molecular formula is C20H13NO5. The predicted molar refractivity (Wildman–Crippen MR) is 94.0 cm³/mol. The van der Waals surface area contributed by atoms with Crippen LogP contribution in [0.2, 0.25) is 0 Å². The summed E-state index contributed by atoms with van der Waals surface area (Å²) in [4.78, 5) is 23.3. The quantitative estimate of drug-likeness (QED) is 0.336. The molecule has 0 spiro atoms. The highest BCUT2D eigenvalue weighted by Crippen LogP contribution is 2.45. The van der Waals surface area contributed by atoms with Crippen molar-refractivity contribution in [1.82, 2.24) is 0 Å². The summed E-state index contributed by atoms with van der Waals surface area (Å²) < 4.78 is 5.31. The number of carbonyl (C=O) groups is 1. The second-order valence-electron chi connectivity index (χ2n) is 5.87. The van der Waals surface area contributed by atoms with Gasteiger partial charge in [-0.2, -0.15) is 0 Å². The van der Waals surface area contributed by atoms with Crippen molar-refractivity contribution in [3.63, 3.8) is 0 Å². The zero-order chi connectivity index (χ0) is 18.3. The zero-order valence-electron chi connectivity index (χ0n) is 13.5. The Labute approximate surface area is 148 Å². The van der Waals surface area contributed by atoms with Crippen LogP contribution in [0.3, 0.4) is 0 Å². The van der Waals surface area contributed by atoms with E-state index in [0.717, 1.165) is 5.56 Å². The molecule has 0 saturated carbocycles. The molecule has 6 heteroatoms. The number of para-hydroxylation sites is 2. The molecule has 128 valence electrons. The fourth-order valence-electron chi connectivity index (χ4n) is 3.25. The molecule has 6 nitrogen and oxygen atoms in total. The molecule has 4 rings (SSSR count). The molecule has 0 aromatic heterocycles. The highest BCUT2D eigenvalue weighted by atomic mass is 16.6. The van der Waals surface area contributed by atoms with Crippen molar-refractivity contribution >= 4 is 11.7 Å². The van der Waals surface area contributed by atoms with Gasteiger partial charge < -0.3 is 9.84 Å². The molecule has 1 aliphatic rings. The third-order valence-corrected chi connectivity index (χ3v) is 4.40. The van der Waals surface area contributed by atoms with Crippen LogP contribution >= 0.6 is 0 Å². The van der Waals surface area contributed by atoms with E-state index in [9.17, 15) is 20.0 Å². The summed E-state index contributed by atoms with van der Waals surface area (Å²) >= 11 is 0. The maximum absolute atomic E-state index is 12.7. The monoisotopic (exact) mass is 347 g/mol. The number of hydrogen-bond donors (Lipinski definition) is 1. The summed E-state index contributed by atoms with van der Waals surface area (Å²) in [6, 6.07) is 18.0. The Bertz CT molecular complexity index is 1040. The number of benzene rings is 3. The molecule has 0 heterocycles. The fraction of sp³-hybridized carbons (Fsp3) is 0.0500. The molecule has 3 aromatic carbocycles. The summed E-state index contributed by atoms with van der Waals surface area (Å²) in [5.74, 6) is -0.827. The van der Waals surface area contributed by atoms with E-state index in [0.29, 0.717) is 16.7 Å². The minimum absolute atomic E-state index is 0.119. The lowest BCUT2D eigenvalue weighted by Crippen LogP contribution is -2.11. The summed E-state index contributed by atoms with van der Waals surface area (Å²) in [6.07, 6.45) is -0.819. The van der Waals surface area contributed by atoms with Crippen molar-refractivity contribution in [3.8, 4) is 16.9 Å². The standard InChI is InChI=1S/C20H13NO5/c22-19-13-7-2-1-6-12(13)18-14(19)8-5-9-15(18)20(23)26-17-11-4-3-10-16(17)21(24)25/h1-11,19,22H. The topological polar surface area (TPSA) is 89.7 Å². The van der Waals surface area contributed by atoms with E-state index >= 15 is 0 Å². The Morgan fingerprint density at radius 1 is 0.962 bits per heavy atom. The highest BCUT2D eigenvalue weighted by molar-refractivity contribution is 6.01. The van der Waals surface area contributed by atoms with Gasteiger partial charge in [-0.3, -0.25) is 10.1 Å². The van der Waals surface area contributed by atoms with Gasteiger partial charge >= 0.3 is 11.7 Å². The molecule has 0 saturated heterocycles. The Kier molecular flexibility index (Phi) is 3.74. The van der Waals surface area contributed by atoms with Crippen LogP contribution in [-0.2, 0) is 0 Å². The van der Waals surface area contributed by atoms with E-state index in [-0.39, 0.29) is 17.0 Å². The van der Waals surface area contributed by atoms with Crippen LogP contribution in [0.15, 0.2) is 66.7 Å². The van der Waals surface area contributed by atoms with Crippen LogP contribution in [0, 0.1) is 10.1 Å². The lowest BCUT2D eigenvalue weighted by Gasteiger charge is -2.10. The predicted octanol–water partition coefficient (Wildman–Crippen LogP) is 3.88. The van der Waals surface area contributed by atoms with Gasteiger partial charge in [0.25, 0.3) is 0 Å². The number of fused-ring (bicyclic) bond motifs is 3. The van der Waals surface area contributed by atoms with Gasteiger partial charge in [0, 0.05) is 11.6 Å². The van der Waals surface area contributed by atoms with E-state index in [1.807, 2.05) is 18.2 Å². The Morgan fingerprint density at radius 2 is 1.65 bits per heavy atom. The normalized spacial score (nSPS) is 14.4. The van der Waals surface area contributed by atoms with Crippen molar-refractivity contribution in [3.05, 3.63) is 93.5 Å². The van der Waals surface area contributed by atoms with E-state index in [1.165, 1.54) is 18.2 Å². The molecule has 0 fully saturated rings. The van der Waals surface area contributed by atoms with Gasteiger partial charge in [-0.25, -0.2) is 4.79 Å². The highest BCUT2D eigenvalue weighted by Gasteiger charge is 2.31. The second-order valence-corrected chi connectivity index (χ2v) is 5.87. The number of ether oxygens (including phenoxy) is 1. The number of hydrogen-bond acceptors (Lipinski definition) is 5. The number of nitro benzene ring substituents is 1. The Morgan fingerprint density at radius 3 is 2.46 bits per heavy atom. The number of nitrogens with zero attached hydrogens (tertiary/aromatic N) is 1. The summed E-state index contributed by atoms with van der Waals surface area (Å²) in [5, 5.41) is 21.6. The van der Waals surface area contributed by atoms with Crippen LogP contribution in [0.1, 0.15) is 27.6 Å². The van der Waals surface area contributed by atoms with Gasteiger partial charge in [0.15, 0.2) is 0 Å². The Hall–Kier alpha value is -3.51. The third kappa shape index (κ3) is 2.44. The van der Waals surface area contributed by atoms with Crippen LogP contribution in [0.4, 0.5) is 5.69 Å². The first kappa shape index (κ1) is 16.0. The van der Waals surface area contributed by atoms with Gasteiger partial charge in [0.1, 0.15) is 6.10 Å². The molecule has 1 N–H and O–H groups in total. The van der Waals surface area contributed by atoms with E-state index in [4.69, 9.17) is 4.74 Å². The molecule has 0 radical (unpaired) electrons. The zero-order valence-corrected chi connectivity index (χ0v) is 13.5. The smallest absolute Gasteiger partial charge is 0.344 e. The molecule has 3 aromatic rings. The number of rotatable bonds is 3. The molecule has 26 heavy (non-hydrogen) atoms. The van der Waals surface area contributed by atoms with E-state index < -0.39 is 17.0 Å². The molecule has 0 bridgehead atoms. The SMILES string of the molecule is O=C(Oc1ccccc1[N+](=O)[O-])c1cccc2c1-c1ccccc1C2O. The van der Waals surface area contributed by atoms with Crippen LogP contribution in [0.5, 0.6) is 5.75 Å². The largest absolute Gasteiger partial charge is 0.416 e. The van der Waals surface area contributed by atoms with Gasteiger partial charge in [0.05, 0.1) is 10.5 Å². The fourth-order valence-corrected chi connectivity index (χ4v) is 3.25. The molecular weight excluding hydrogens is 334 g/mol. The van der Waals surface area contributed by atoms with Gasteiger partial charge in [0.2, 0.25) is 5.75 Å². The average molecular weight is 347 g/mol. The second kappa shape index (κ2) is 6.09. The van der Waals surface area contributed by atoms with E-state index in [1.54, 1.807) is 30.3 Å². The summed E-state index contributed by atoms with van der Waals surface area (Å²) in [5.41, 5.74) is 2.65. The molecule has 1 aliphatic carbocycles. The molecule has 1 atom stereocenters. The number of carbonyl (C=O) groups excluding carboxylic acids is 1. The number of aliphatic hydroxyl groups is 1. The first-order valence-corrected chi connectivity index (χ1v) is 7.94. The van der Waals surface area contributed by atoms with Crippen LogP contribution < -0.4 is 4.74 Å². The third-order valence-electron chi connectivity index (χ3n) is 4.40. The minimum atomic E-state index is -0.819. The average Bonchev–Trinajstić information content (AvgIpc) is 2.95. The van der Waals surface area contributed by atoms with Crippen molar-refractivity contribution in [2.75, 3.05) is 0 Å². The lowest BCUT2D eigenvalue weighted by atomic mass is 9.99. The van der Waals surface area contributed by atoms with Crippen molar-refractivity contribution in [2.24, 2.45) is 0 Å². The maximum Gasteiger partial charge on any atom is 0.344 e. The van der Waals surface area contributed by atoms with Crippen molar-refractivity contribution < 1.29 is 19.6 Å². The van der Waals surface area contributed by atoms with E-state index in [2.05, 4.69) is 0 Å². The molecule has 1 unspecified atom stereocenters. The van der Waals surface area contributed by atoms with Gasteiger partial charge in [-0.1, -0.05) is 48.5 Å². The summed E-state index contributed by atoms with van der Waals surface area (Å²) in [7, 11) is 0. The van der Waals surface area contributed by atoms with Gasteiger partial charge in [-0.05, 0) is 28.8 Å².